The number of carbonyl (C=O) groups excluding carboxylic acids is 1. The van der Waals surface area contributed by atoms with Gasteiger partial charge in [0.25, 0.3) is 5.91 Å². The highest BCUT2D eigenvalue weighted by Gasteiger charge is 2.40. The number of anilines is 1. The Balaban J connectivity index is 1.80. The molecule has 1 unspecified atom stereocenters. The summed E-state index contributed by atoms with van der Waals surface area (Å²) in [5, 5.41) is 14.5. The van der Waals surface area contributed by atoms with Crippen molar-refractivity contribution in [3.63, 3.8) is 0 Å². The minimum absolute atomic E-state index is 0.119. The summed E-state index contributed by atoms with van der Waals surface area (Å²) in [4.78, 5) is 13.6. The van der Waals surface area contributed by atoms with Crippen molar-refractivity contribution in [2.75, 3.05) is 4.90 Å². The topological polar surface area (TPSA) is 66.6 Å². The van der Waals surface area contributed by atoms with E-state index in [1.54, 1.807) is 6.07 Å². The van der Waals surface area contributed by atoms with Gasteiger partial charge in [0.1, 0.15) is 10.8 Å². The van der Waals surface area contributed by atoms with Crippen molar-refractivity contribution in [1.29, 1.82) is 0 Å². The van der Waals surface area contributed by atoms with E-state index < -0.39 is 12.1 Å². The number of carbonyl (C=O) groups is 1. The fourth-order valence-corrected chi connectivity index (χ4v) is 2.87. The van der Waals surface area contributed by atoms with Crippen molar-refractivity contribution in [3.8, 4) is 0 Å². The van der Waals surface area contributed by atoms with Gasteiger partial charge in [0.2, 0.25) is 0 Å². The summed E-state index contributed by atoms with van der Waals surface area (Å²) in [7, 11) is 0. The van der Waals surface area contributed by atoms with Gasteiger partial charge in [-0.25, -0.2) is 0 Å². The largest absolute Gasteiger partial charge is 0.369 e. The average Bonchev–Trinajstić information content (AvgIpc) is 3.07. The third kappa shape index (κ3) is 2.79. The van der Waals surface area contributed by atoms with Gasteiger partial charge in [-0.3, -0.25) is 9.69 Å². The molecule has 0 radical (unpaired) electrons. The van der Waals surface area contributed by atoms with Gasteiger partial charge in [0.15, 0.2) is 12.0 Å². The molecular formula is C16H21ClN2O3. The van der Waals surface area contributed by atoms with E-state index in [0.717, 1.165) is 6.42 Å². The molecule has 1 aliphatic carbocycles. The highest BCUT2D eigenvalue weighted by atomic mass is 35.5. The minimum atomic E-state index is -1.04. The third-order valence-corrected chi connectivity index (χ3v) is 4.65. The number of nitrogens with zero attached hydrogens (tertiary/aromatic N) is 2. The number of hydrogen-bond donors (Lipinski definition) is 1. The molecule has 2 aliphatic rings. The molecule has 0 saturated heterocycles. The molecule has 1 saturated carbocycles. The lowest BCUT2D eigenvalue weighted by Crippen LogP contribution is -2.35. The predicted octanol–water partition coefficient (Wildman–Crippen LogP) is 3.32. The summed E-state index contributed by atoms with van der Waals surface area (Å²) in [5.74, 6) is 1.27. The molecule has 0 bridgehead atoms. The number of halogens is 1. The maximum Gasteiger partial charge on any atom is 0.273 e. The lowest BCUT2D eigenvalue weighted by atomic mass is 9.93. The molecule has 6 heteroatoms. The first-order valence-corrected chi connectivity index (χ1v) is 8.04. The summed E-state index contributed by atoms with van der Waals surface area (Å²) < 4.78 is 5.30. The van der Waals surface area contributed by atoms with Gasteiger partial charge in [0, 0.05) is 17.1 Å². The molecule has 1 N–H and O–H groups in total. The van der Waals surface area contributed by atoms with Crippen molar-refractivity contribution in [3.05, 3.63) is 22.4 Å². The Morgan fingerprint density at radius 2 is 2.14 bits per heavy atom. The zero-order valence-electron chi connectivity index (χ0n) is 13.1. The first-order valence-electron chi connectivity index (χ1n) is 7.66. The van der Waals surface area contributed by atoms with Crippen molar-refractivity contribution in [1.82, 2.24) is 5.16 Å². The van der Waals surface area contributed by atoms with Crippen LogP contribution in [0.4, 0.5) is 5.82 Å². The second kappa shape index (κ2) is 5.39. The molecule has 3 rings (SSSR count). The SMILES string of the molecule is CC(C)(C)c1cc(N2C(=O)C(Cl)=C(CCC3CC3)C2O)no1. The normalized spacial score (nSPS) is 22.9. The van der Waals surface area contributed by atoms with Crippen LogP contribution in [0, 0.1) is 5.92 Å². The quantitative estimate of drug-likeness (QED) is 0.922. The van der Waals surface area contributed by atoms with Gasteiger partial charge in [0.05, 0.1) is 0 Å². The number of hydrogen-bond acceptors (Lipinski definition) is 4. The second-order valence-electron chi connectivity index (χ2n) is 7.17. The van der Waals surface area contributed by atoms with E-state index in [9.17, 15) is 9.90 Å². The van der Waals surface area contributed by atoms with Crippen molar-refractivity contribution in [2.24, 2.45) is 5.92 Å². The van der Waals surface area contributed by atoms with Gasteiger partial charge in [-0.05, 0) is 18.8 Å². The molecule has 1 fully saturated rings. The lowest BCUT2D eigenvalue weighted by Gasteiger charge is -2.19. The first kappa shape index (κ1) is 15.6. The summed E-state index contributed by atoms with van der Waals surface area (Å²) >= 11 is 6.14. The molecule has 120 valence electrons. The van der Waals surface area contributed by atoms with E-state index in [0.29, 0.717) is 29.5 Å². The van der Waals surface area contributed by atoms with Gasteiger partial charge in [-0.15, -0.1) is 0 Å². The second-order valence-corrected chi connectivity index (χ2v) is 7.55. The van der Waals surface area contributed by atoms with E-state index in [1.807, 2.05) is 20.8 Å². The number of aromatic nitrogens is 1. The maximum absolute atomic E-state index is 12.3. The number of rotatable bonds is 4. The zero-order valence-corrected chi connectivity index (χ0v) is 13.9. The smallest absolute Gasteiger partial charge is 0.273 e. The van der Waals surface area contributed by atoms with Crippen LogP contribution >= 0.6 is 11.6 Å². The molecule has 1 atom stereocenters. The third-order valence-electron chi connectivity index (χ3n) is 4.25. The molecule has 1 aliphatic heterocycles. The van der Waals surface area contributed by atoms with Crippen molar-refractivity contribution >= 4 is 23.3 Å². The van der Waals surface area contributed by atoms with Crippen LogP contribution in [-0.2, 0) is 10.2 Å². The Morgan fingerprint density at radius 3 is 2.68 bits per heavy atom. The van der Waals surface area contributed by atoms with Crippen LogP contribution in [0.1, 0.15) is 52.2 Å². The Hall–Kier alpha value is -1.33. The first-order chi connectivity index (χ1) is 10.3. The molecule has 5 nitrogen and oxygen atoms in total. The van der Waals surface area contributed by atoms with E-state index in [-0.39, 0.29) is 10.4 Å². The van der Waals surface area contributed by atoms with E-state index >= 15 is 0 Å². The Labute approximate surface area is 134 Å². The highest BCUT2D eigenvalue weighted by molar-refractivity contribution is 6.45. The molecule has 1 aromatic rings. The van der Waals surface area contributed by atoms with Crippen LogP contribution in [0.25, 0.3) is 0 Å². The monoisotopic (exact) mass is 324 g/mol. The van der Waals surface area contributed by atoms with E-state index in [4.69, 9.17) is 16.1 Å². The van der Waals surface area contributed by atoms with Crippen LogP contribution in [0.15, 0.2) is 21.2 Å². The summed E-state index contributed by atoms with van der Waals surface area (Å²) in [6, 6.07) is 1.69. The molecular weight excluding hydrogens is 304 g/mol. The van der Waals surface area contributed by atoms with Crippen LogP contribution < -0.4 is 4.90 Å². The lowest BCUT2D eigenvalue weighted by molar-refractivity contribution is -0.115. The van der Waals surface area contributed by atoms with E-state index in [1.165, 1.54) is 17.7 Å². The van der Waals surface area contributed by atoms with Gasteiger partial charge < -0.3 is 9.63 Å². The molecule has 1 amide bonds. The maximum atomic E-state index is 12.3. The standard InChI is InChI=1S/C16H21ClN2O3/c1-16(2,3)11-8-12(18-22-11)19-14(20)10(13(17)15(19)21)7-6-9-4-5-9/h8-9,14,20H,4-7H2,1-3H3. The van der Waals surface area contributed by atoms with Gasteiger partial charge in [-0.1, -0.05) is 50.4 Å². The Kier molecular flexibility index (Phi) is 3.81. The highest BCUT2D eigenvalue weighted by Crippen LogP contribution is 2.39. The number of aliphatic hydroxyl groups excluding tert-OH is 1. The predicted molar refractivity (Wildman–Crippen MR) is 83.5 cm³/mol. The zero-order chi connectivity index (χ0) is 16.1. The van der Waals surface area contributed by atoms with Gasteiger partial charge in [-0.2, -0.15) is 0 Å². The molecule has 22 heavy (non-hydrogen) atoms. The van der Waals surface area contributed by atoms with Crippen molar-refractivity contribution < 1.29 is 14.4 Å². The summed E-state index contributed by atoms with van der Waals surface area (Å²) in [6.07, 6.45) is 3.04. The minimum Gasteiger partial charge on any atom is -0.369 e. The van der Waals surface area contributed by atoms with Crippen molar-refractivity contribution in [2.45, 2.75) is 58.1 Å². The Morgan fingerprint density at radius 1 is 1.45 bits per heavy atom. The molecule has 0 spiro atoms. The fourth-order valence-electron chi connectivity index (χ4n) is 2.59. The number of aliphatic hydroxyl groups is 1. The fraction of sp³-hybridized carbons (Fsp3) is 0.625. The number of amides is 1. The molecule has 0 aromatic carbocycles. The summed E-state index contributed by atoms with van der Waals surface area (Å²) in [6.45, 7) is 5.98. The van der Waals surface area contributed by atoms with Crippen LogP contribution in [0.3, 0.4) is 0 Å². The summed E-state index contributed by atoms with van der Waals surface area (Å²) in [5.41, 5.74) is 0.379. The molecule has 2 heterocycles. The van der Waals surface area contributed by atoms with Gasteiger partial charge >= 0.3 is 0 Å². The Bertz CT molecular complexity index is 626. The van der Waals surface area contributed by atoms with Crippen LogP contribution in [-0.4, -0.2) is 22.4 Å². The average molecular weight is 325 g/mol. The molecule has 1 aromatic heterocycles. The van der Waals surface area contributed by atoms with Crippen LogP contribution in [0.2, 0.25) is 0 Å². The van der Waals surface area contributed by atoms with E-state index in [2.05, 4.69) is 5.16 Å². The van der Waals surface area contributed by atoms with Crippen LogP contribution in [0.5, 0.6) is 0 Å².